The topological polar surface area (TPSA) is 43.4 Å². The molecule has 13 heavy (non-hydrogen) atoms. The standard InChI is InChI=1S/C9H16O3.Zr/c1-5-8(7(4)10)9(11)12-6(2)3;/h6,8H,5H2,1-4H3;. The van der Waals surface area contributed by atoms with E-state index in [-0.39, 0.29) is 38.1 Å². The number of hydrogen-bond acceptors (Lipinski definition) is 3. The van der Waals surface area contributed by atoms with Crippen molar-refractivity contribution in [1.29, 1.82) is 0 Å². The monoisotopic (exact) mass is 262 g/mol. The molecular formula is C9H16O3Zr. The molecule has 1 atom stereocenters. The minimum absolute atomic E-state index is 0. The van der Waals surface area contributed by atoms with Gasteiger partial charge in [0, 0.05) is 26.2 Å². The number of carbonyl (C=O) groups is 2. The van der Waals surface area contributed by atoms with Crippen molar-refractivity contribution in [2.75, 3.05) is 0 Å². The van der Waals surface area contributed by atoms with Crippen LogP contribution in [-0.4, -0.2) is 17.9 Å². The summed E-state index contributed by atoms with van der Waals surface area (Å²) in [5, 5.41) is 0. The third-order valence-corrected chi connectivity index (χ3v) is 1.54. The summed E-state index contributed by atoms with van der Waals surface area (Å²) in [4.78, 5) is 22.1. The fourth-order valence-electron chi connectivity index (χ4n) is 0.935. The molecule has 0 fully saturated rings. The predicted octanol–water partition coefficient (Wildman–Crippen LogP) is 1.55. The number of hydrogen-bond donors (Lipinski definition) is 0. The maximum absolute atomic E-state index is 11.2. The van der Waals surface area contributed by atoms with Gasteiger partial charge in [0.15, 0.2) is 0 Å². The van der Waals surface area contributed by atoms with Gasteiger partial charge < -0.3 is 4.74 Å². The molecule has 0 amide bonds. The van der Waals surface area contributed by atoms with Crippen LogP contribution in [0.15, 0.2) is 0 Å². The molecule has 0 saturated heterocycles. The van der Waals surface area contributed by atoms with Gasteiger partial charge >= 0.3 is 5.97 Å². The number of ether oxygens (including phenoxy) is 1. The van der Waals surface area contributed by atoms with Crippen LogP contribution < -0.4 is 0 Å². The minimum Gasteiger partial charge on any atom is -0.462 e. The fourth-order valence-corrected chi connectivity index (χ4v) is 0.935. The SMILES string of the molecule is CCC(C(C)=O)C(=O)OC(C)C.[Zr]. The normalized spacial score (nSPS) is 11.8. The Morgan fingerprint density at radius 2 is 1.77 bits per heavy atom. The van der Waals surface area contributed by atoms with Crippen LogP contribution in [0, 0.1) is 5.92 Å². The molecule has 0 aliphatic carbocycles. The van der Waals surface area contributed by atoms with E-state index in [1.807, 2.05) is 0 Å². The van der Waals surface area contributed by atoms with Crippen LogP contribution in [0.5, 0.6) is 0 Å². The molecule has 0 N–H and O–H groups in total. The first-order valence-corrected chi connectivity index (χ1v) is 4.20. The number of Topliss-reactive ketones (excluding diaryl/α,β-unsaturated/α-hetero) is 1. The van der Waals surface area contributed by atoms with E-state index in [2.05, 4.69) is 0 Å². The van der Waals surface area contributed by atoms with Crippen molar-refractivity contribution >= 4 is 11.8 Å². The minimum atomic E-state index is -0.576. The Bertz CT molecular complexity index is 178. The van der Waals surface area contributed by atoms with Crippen LogP contribution >= 0.6 is 0 Å². The second-order valence-corrected chi connectivity index (χ2v) is 3.06. The molecule has 0 spiro atoms. The summed E-state index contributed by atoms with van der Waals surface area (Å²) in [6.45, 7) is 6.75. The van der Waals surface area contributed by atoms with E-state index in [1.54, 1.807) is 20.8 Å². The molecule has 0 heterocycles. The molecule has 0 aromatic heterocycles. The zero-order valence-corrected chi connectivity index (χ0v) is 11.0. The number of rotatable bonds is 4. The molecule has 0 saturated carbocycles. The molecule has 0 aliphatic rings. The summed E-state index contributed by atoms with van der Waals surface area (Å²) in [7, 11) is 0. The summed E-state index contributed by atoms with van der Waals surface area (Å²) in [6.07, 6.45) is 0.367. The maximum atomic E-state index is 11.2. The van der Waals surface area contributed by atoms with Crippen molar-refractivity contribution in [2.45, 2.75) is 40.2 Å². The first kappa shape index (κ1) is 15.5. The quantitative estimate of drug-likeness (QED) is 0.571. The third-order valence-electron chi connectivity index (χ3n) is 1.54. The van der Waals surface area contributed by atoms with E-state index in [9.17, 15) is 9.59 Å². The molecule has 0 aliphatic heterocycles. The van der Waals surface area contributed by atoms with Gasteiger partial charge in [0.25, 0.3) is 0 Å². The van der Waals surface area contributed by atoms with Gasteiger partial charge in [0.05, 0.1) is 6.10 Å². The molecule has 1 unspecified atom stereocenters. The van der Waals surface area contributed by atoms with Gasteiger partial charge in [-0.2, -0.15) is 0 Å². The Labute approximate surface area is 98.3 Å². The molecule has 74 valence electrons. The van der Waals surface area contributed by atoms with Crippen LogP contribution in [0.2, 0.25) is 0 Å². The van der Waals surface area contributed by atoms with Crippen molar-refractivity contribution in [3.63, 3.8) is 0 Å². The number of carbonyl (C=O) groups excluding carboxylic acids is 2. The summed E-state index contributed by atoms with van der Waals surface area (Å²) in [5.41, 5.74) is 0. The predicted molar refractivity (Wildman–Crippen MR) is 45.7 cm³/mol. The van der Waals surface area contributed by atoms with E-state index in [1.165, 1.54) is 6.92 Å². The smallest absolute Gasteiger partial charge is 0.316 e. The van der Waals surface area contributed by atoms with E-state index in [0.717, 1.165) is 0 Å². The van der Waals surface area contributed by atoms with Crippen molar-refractivity contribution < 1.29 is 40.5 Å². The summed E-state index contributed by atoms with van der Waals surface area (Å²) >= 11 is 0. The van der Waals surface area contributed by atoms with Gasteiger partial charge in [-0.25, -0.2) is 0 Å². The first-order valence-electron chi connectivity index (χ1n) is 4.20. The Morgan fingerprint density at radius 3 is 2.00 bits per heavy atom. The molecule has 0 aromatic carbocycles. The van der Waals surface area contributed by atoms with Crippen molar-refractivity contribution in [2.24, 2.45) is 5.92 Å². The molecular weight excluding hydrogens is 247 g/mol. The average Bonchev–Trinajstić information content (AvgIpc) is 1.85. The van der Waals surface area contributed by atoms with Gasteiger partial charge in [-0.3, -0.25) is 9.59 Å². The van der Waals surface area contributed by atoms with Crippen LogP contribution in [0.4, 0.5) is 0 Å². The maximum Gasteiger partial charge on any atom is 0.316 e. The van der Waals surface area contributed by atoms with Gasteiger partial charge in [-0.1, -0.05) is 6.92 Å². The Hall–Kier alpha value is 0.0231. The average molecular weight is 263 g/mol. The first-order chi connectivity index (χ1) is 5.49. The van der Waals surface area contributed by atoms with Gasteiger partial charge in [0.2, 0.25) is 0 Å². The second-order valence-electron chi connectivity index (χ2n) is 3.06. The zero-order chi connectivity index (χ0) is 9.72. The van der Waals surface area contributed by atoms with Gasteiger partial charge in [0.1, 0.15) is 11.7 Å². The van der Waals surface area contributed by atoms with Gasteiger partial charge in [-0.05, 0) is 27.2 Å². The van der Waals surface area contributed by atoms with Crippen LogP contribution in [0.3, 0.4) is 0 Å². The largest absolute Gasteiger partial charge is 0.462 e. The van der Waals surface area contributed by atoms with Gasteiger partial charge in [-0.15, -0.1) is 0 Å². The second kappa shape index (κ2) is 7.43. The Kier molecular flexibility index (Phi) is 8.85. The third kappa shape index (κ3) is 6.14. The van der Waals surface area contributed by atoms with Crippen LogP contribution in [-0.2, 0) is 40.5 Å². The molecule has 0 rings (SSSR count). The van der Waals surface area contributed by atoms with Crippen molar-refractivity contribution in [3.05, 3.63) is 0 Å². The van der Waals surface area contributed by atoms with Crippen LogP contribution in [0.1, 0.15) is 34.1 Å². The summed E-state index contributed by atoms with van der Waals surface area (Å²) in [5.74, 6) is -1.10. The van der Waals surface area contributed by atoms with Crippen molar-refractivity contribution in [3.8, 4) is 0 Å². The Morgan fingerprint density at radius 1 is 1.31 bits per heavy atom. The van der Waals surface area contributed by atoms with E-state index < -0.39 is 11.9 Å². The Balaban J connectivity index is 0. The number of ketones is 1. The fraction of sp³-hybridized carbons (Fsp3) is 0.778. The van der Waals surface area contributed by atoms with Crippen molar-refractivity contribution in [1.82, 2.24) is 0 Å². The van der Waals surface area contributed by atoms with Crippen LogP contribution in [0.25, 0.3) is 0 Å². The van der Waals surface area contributed by atoms with E-state index in [4.69, 9.17) is 4.74 Å². The number of esters is 1. The molecule has 3 nitrogen and oxygen atoms in total. The molecule has 0 bridgehead atoms. The molecule has 0 radical (unpaired) electrons. The summed E-state index contributed by atoms with van der Waals surface area (Å²) < 4.78 is 4.90. The molecule has 0 aromatic rings. The summed E-state index contributed by atoms with van der Waals surface area (Å²) in [6, 6.07) is 0. The van der Waals surface area contributed by atoms with E-state index in [0.29, 0.717) is 6.42 Å². The zero-order valence-electron chi connectivity index (χ0n) is 8.59. The molecule has 4 heteroatoms. The van der Waals surface area contributed by atoms with E-state index >= 15 is 0 Å².